The van der Waals surface area contributed by atoms with Crippen LogP contribution in [0.25, 0.3) is 0 Å². The molecule has 0 bridgehead atoms. The molecule has 2 N–H and O–H groups in total. The molecular formula is C19H24N2O5. The van der Waals surface area contributed by atoms with Gasteiger partial charge in [0.1, 0.15) is 5.76 Å². The van der Waals surface area contributed by atoms with E-state index in [1.807, 2.05) is 19.1 Å². The second-order valence-electron chi connectivity index (χ2n) is 5.58. The third kappa shape index (κ3) is 6.16. The maximum atomic E-state index is 11.9. The molecule has 1 aromatic heterocycles. The zero-order valence-electron chi connectivity index (χ0n) is 15.0. The lowest BCUT2D eigenvalue weighted by molar-refractivity contribution is -0.123. The molecule has 7 heteroatoms. The van der Waals surface area contributed by atoms with E-state index in [0.29, 0.717) is 37.4 Å². The van der Waals surface area contributed by atoms with Gasteiger partial charge in [0.15, 0.2) is 18.1 Å². The largest absolute Gasteiger partial charge is 0.493 e. The first-order valence-corrected chi connectivity index (χ1v) is 8.48. The van der Waals surface area contributed by atoms with Gasteiger partial charge in [-0.3, -0.25) is 9.59 Å². The van der Waals surface area contributed by atoms with Crippen molar-refractivity contribution >= 4 is 11.8 Å². The molecule has 0 aliphatic carbocycles. The summed E-state index contributed by atoms with van der Waals surface area (Å²) in [5.41, 5.74) is 0.874. The van der Waals surface area contributed by atoms with Crippen molar-refractivity contribution in [1.29, 1.82) is 0 Å². The molecule has 0 saturated heterocycles. The number of carbonyl (C=O) groups is 2. The van der Waals surface area contributed by atoms with Gasteiger partial charge in [-0.15, -0.1) is 0 Å². The number of carbonyl (C=O) groups excluding carboxylic acids is 2. The Bertz CT molecular complexity index is 713. The molecule has 7 nitrogen and oxygen atoms in total. The minimum Gasteiger partial charge on any atom is -0.493 e. The molecule has 0 radical (unpaired) electrons. The van der Waals surface area contributed by atoms with Crippen LogP contribution in [0.5, 0.6) is 11.5 Å². The fraction of sp³-hybridized carbons (Fsp3) is 0.368. The Kier molecular flexibility index (Phi) is 7.54. The molecule has 2 amide bonds. The van der Waals surface area contributed by atoms with E-state index in [1.165, 1.54) is 7.11 Å². The lowest BCUT2D eigenvalue weighted by Gasteiger charge is -2.12. The third-order valence-corrected chi connectivity index (χ3v) is 3.63. The SMILES string of the molecule is CCNC(=O)COc1ccc(CNC(=O)CCc2ccco2)cc1OC. The summed E-state index contributed by atoms with van der Waals surface area (Å²) in [7, 11) is 1.53. The Hall–Kier alpha value is -2.96. The van der Waals surface area contributed by atoms with Crippen molar-refractivity contribution in [3.05, 3.63) is 47.9 Å². The van der Waals surface area contributed by atoms with Gasteiger partial charge >= 0.3 is 0 Å². The normalized spacial score (nSPS) is 10.2. The number of methoxy groups -OCH3 is 1. The summed E-state index contributed by atoms with van der Waals surface area (Å²) in [5, 5.41) is 5.52. The Morgan fingerprint density at radius 2 is 1.96 bits per heavy atom. The lowest BCUT2D eigenvalue weighted by atomic mass is 10.2. The standard InChI is InChI=1S/C19H24N2O5/c1-3-20-19(23)13-26-16-8-6-14(11-17(16)24-2)12-21-18(22)9-7-15-5-4-10-25-15/h4-6,8,10-11H,3,7,9,12-13H2,1-2H3,(H,20,23)(H,21,22). The van der Waals surface area contributed by atoms with Gasteiger partial charge in [-0.25, -0.2) is 0 Å². The van der Waals surface area contributed by atoms with E-state index in [-0.39, 0.29) is 18.4 Å². The number of rotatable bonds is 10. The van der Waals surface area contributed by atoms with Gasteiger partial charge in [0.25, 0.3) is 5.91 Å². The van der Waals surface area contributed by atoms with Crippen molar-refractivity contribution in [1.82, 2.24) is 10.6 Å². The average Bonchev–Trinajstić information content (AvgIpc) is 3.17. The third-order valence-electron chi connectivity index (χ3n) is 3.63. The predicted molar refractivity (Wildman–Crippen MR) is 96.0 cm³/mol. The molecule has 0 fully saturated rings. The van der Waals surface area contributed by atoms with E-state index in [9.17, 15) is 9.59 Å². The van der Waals surface area contributed by atoms with Crippen LogP contribution in [0.1, 0.15) is 24.7 Å². The topological polar surface area (TPSA) is 89.8 Å². The molecule has 2 aromatic rings. The van der Waals surface area contributed by atoms with E-state index in [4.69, 9.17) is 13.9 Å². The molecule has 0 saturated carbocycles. The summed E-state index contributed by atoms with van der Waals surface area (Å²) in [6.45, 7) is 2.70. The second-order valence-corrected chi connectivity index (χ2v) is 5.58. The summed E-state index contributed by atoms with van der Waals surface area (Å²) in [6.07, 6.45) is 2.52. The van der Waals surface area contributed by atoms with E-state index in [0.717, 1.165) is 11.3 Å². The number of aryl methyl sites for hydroxylation is 1. The van der Waals surface area contributed by atoms with Crippen molar-refractivity contribution < 1.29 is 23.5 Å². The first kappa shape index (κ1) is 19.4. The number of amides is 2. The zero-order valence-corrected chi connectivity index (χ0v) is 15.0. The molecule has 26 heavy (non-hydrogen) atoms. The summed E-state index contributed by atoms with van der Waals surface area (Å²) < 4.78 is 16.0. The van der Waals surface area contributed by atoms with E-state index in [1.54, 1.807) is 24.5 Å². The summed E-state index contributed by atoms with van der Waals surface area (Å²) in [5.74, 6) is 1.53. The quantitative estimate of drug-likeness (QED) is 0.677. The Morgan fingerprint density at radius 3 is 2.65 bits per heavy atom. The van der Waals surface area contributed by atoms with Gasteiger partial charge in [0.2, 0.25) is 5.91 Å². The average molecular weight is 360 g/mol. The Labute approximate surface area is 152 Å². The minimum atomic E-state index is -0.192. The fourth-order valence-electron chi connectivity index (χ4n) is 2.31. The summed E-state index contributed by atoms with van der Waals surface area (Å²) >= 11 is 0. The first-order valence-electron chi connectivity index (χ1n) is 8.48. The number of benzene rings is 1. The molecule has 0 spiro atoms. The van der Waals surface area contributed by atoms with Crippen LogP contribution in [0.15, 0.2) is 41.0 Å². The van der Waals surface area contributed by atoms with Gasteiger partial charge < -0.3 is 24.5 Å². The van der Waals surface area contributed by atoms with Crippen LogP contribution in [-0.2, 0) is 22.6 Å². The van der Waals surface area contributed by atoms with Crippen molar-refractivity contribution in [3.63, 3.8) is 0 Å². The number of hydrogen-bond acceptors (Lipinski definition) is 5. The number of ether oxygens (including phenoxy) is 2. The molecule has 140 valence electrons. The van der Waals surface area contributed by atoms with Crippen molar-refractivity contribution in [2.45, 2.75) is 26.3 Å². The molecule has 0 aliphatic heterocycles. The minimum absolute atomic E-state index is 0.0584. The molecule has 1 heterocycles. The molecular weight excluding hydrogens is 336 g/mol. The van der Waals surface area contributed by atoms with Crippen molar-refractivity contribution in [2.75, 3.05) is 20.3 Å². The van der Waals surface area contributed by atoms with Gasteiger partial charge in [-0.1, -0.05) is 6.07 Å². The van der Waals surface area contributed by atoms with Crippen LogP contribution in [0, 0.1) is 0 Å². The van der Waals surface area contributed by atoms with Crippen molar-refractivity contribution in [2.24, 2.45) is 0 Å². The zero-order chi connectivity index (χ0) is 18.8. The number of nitrogens with one attached hydrogen (secondary N) is 2. The van der Waals surface area contributed by atoms with Crippen LogP contribution in [0.3, 0.4) is 0 Å². The molecule has 0 aliphatic rings. The monoisotopic (exact) mass is 360 g/mol. The van der Waals surface area contributed by atoms with Crippen LogP contribution in [0.2, 0.25) is 0 Å². The highest BCUT2D eigenvalue weighted by atomic mass is 16.5. The van der Waals surface area contributed by atoms with Gasteiger partial charge in [0, 0.05) is 25.9 Å². The fourth-order valence-corrected chi connectivity index (χ4v) is 2.31. The van der Waals surface area contributed by atoms with Gasteiger partial charge in [-0.2, -0.15) is 0 Å². The number of likely N-dealkylation sites (N-methyl/N-ethyl adjacent to an activating group) is 1. The van der Waals surface area contributed by atoms with E-state index >= 15 is 0 Å². The highest BCUT2D eigenvalue weighted by molar-refractivity contribution is 5.77. The molecule has 1 aromatic carbocycles. The lowest BCUT2D eigenvalue weighted by Crippen LogP contribution is -2.28. The van der Waals surface area contributed by atoms with Gasteiger partial charge in [-0.05, 0) is 36.8 Å². The molecule has 0 unspecified atom stereocenters. The van der Waals surface area contributed by atoms with Crippen LogP contribution < -0.4 is 20.1 Å². The Balaban J connectivity index is 1.83. The van der Waals surface area contributed by atoms with Crippen LogP contribution >= 0.6 is 0 Å². The predicted octanol–water partition coefficient (Wildman–Crippen LogP) is 2.05. The highest BCUT2D eigenvalue weighted by Gasteiger charge is 2.09. The Morgan fingerprint density at radius 1 is 1.12 bits per heavy atom. The summed E-state index contributed by atoms with van der Waals surface area (Å²) in [4.78, 5) is 23.4. The van der Waals surface area contributed by atoms with Crippen molar-refractivity contribution in [3.8, 4) is 11.5 Å². The second kappa shape index (κ2) is 10.1. The highest BCUT2D eigenvalue weighted by Crippen LogP contribution is 2.28. The number of hydrogen-bond donors (Lipinski definition) is 2. The van der Waals surface area contributed by atoms with E-state index < -0.39 is 0 Å². The van der Waals surface area contributed by atoms with Crippen LogP contribution in [0.4, 0.5) is 0 Å². The van der Waals surface area contributed by atoms with E-state index in [2.05, 4.69) is 10.6 Å². The molecule has 2 rings (SSSR count). The molecule has 0 atom stereocenters. The summed E-state index contributed by atoms with van der Waals surface area (Å²) in [6, 6.07) is 8.97. The maximum absolute atomic E-state index is 11.9. The van der Waals surface area contributed by atoms with Gasteiger partial charge in [0.05, 0.1) is 13.4 Å². The van der Waals surface area contributed by atoms with Crippen LogP contribution in [-0.4, -0.2) is 32.1 Å². The number of furan rings is 1. The maximum Gasteiger partial charge on any atom is 0.257 e. The first-order chi connectivity index (χ1) is 12.6. The smallest absolute Gasteiger partial charge is 0.257 e.